The van der Waals surface area contributed by atoms with E-state index in [1.54, 1.807) is 25.1 Å². The van der Waals surface area contributed by atoms with Crippen LogP contribution in [0.25, 0.3) is 0 Å². The third-order valence-electron chi connectivity index (χ3n) is 2.80. The molecule has 0 unspecified atom stereocenters. The molecule has 0 bridgehead atoms. The van der Waals surface area contributed by atoms with Gasteiger partial charge < -0.3 is 15.5 Å². The second-order valence-corrected chi connectivity index (χ2v) is 4.85. The summed E-state index contributed by atoms with van der Waals surface area (Å²) >= 11 is 0. The van der Waals surface area contributed by atoms with Crippen LogP contribution in [0.5, 0.6) is 0 Å². The second kappa shape index (κ2) is 7.09. The number of amides is 1. The lowest BCUT2D eigenvalue weighted by Gasteiger charge is -2.19. The first-order valence-corrected chi connectivity index (χ1v) is 6.37. The summed E-state index contributed by atoms with van der Waals surface area (Å²) in [6.07, 6.45) is 0. The standard InChI is InChI=1S/C14H22FN3O/c1-10(2)17-8-11-5-6-13(12(15)7-11)18(4)9-14(19)16-3/h5-7,10,17H,8-9H2,1-4H3,(H,16,19). The number of hydrogen-bond acceptors (Lipinski definition) is 3. The first-order chi connectivity index (χ1) is 8.93. The van der Waals surface area contributed by atoms with Crippen LogP contribution in [0, 0.1) is 5.82 Å². The number of carbonyl (C=O) groups is 1. The first-order valence-electron chi connectivity index (χ1n) is 6.37. The van der Waals surface area contributed by atoms with Gasteiger partial charge in [0, 0.05) is 26.7 Å². The SMILES string of the molecule is CNC(=O)CN(C)c1ccc(CNC(C)C)cc1F. The molecule has 0 heterocycles. The maximum Gasteiger partial charge on any atom is 0.239 e. The van der Waals surface area contributed by atoms with Crippen molar-refractivity contribution < 1.29 is 9.18 Å². The lowest BCUT2D eigenvalue weighted by Crippen LogP contribution is -2.33. The number of benzene rings is 1. The predicted molar refractivity (Wildman–Crippen MR) is 75.7 cm³/mol. The third-order valence-corrected chi connectivity index (χ3v) is 2.80. The van der Waals surface area contributed by atoms with E-state index in [1.165, 1.54) is 6.07 Å². The Morgan fingerprint density at radius 3 is 2.63 bits per heavy atom. The van der Waals surface area contributed by atoms with Crippen molar-refractivity contribution in [3.8, 4) is 0 Å². The van der Waals surface area contributed by atoms with Crippen molar-refractivity contribution in [2.24, 2.45) is 0 Å². The number of likely N-dealkylation sites (N-methyl/N-ethyl adjacent to an activating group) is 2. The van der Waals surface area contributed by atoms with Gasteiger partial charge in [0.2, 0.25) is 5.91 Å². The van der Waals surface area contributed by atoms with E-state index >= 15 is 0 Å². The number of rotatable bonds is 6. The van der Waals surface area contributed by atoms with Crippen molar-refractivity contribution in [3.63, 3.8) is 0 Å². The highest BCUT2D eigenvalue weighted by Crippen LogP contribution is 2.19. The molecule has 0 aromatic heterocycles. The fourth-order valence-corrected chi connectivity index (χ4v) is 1.67. The van der Waals surface area contributed by atoms with Gasteiger partial charge in [-0.15, -0.1) is 0 Å². The van der Waals surface area contributed by atoms with Crippen LogP contribution < -0.4 is 15.5 Å². The number of nitrogens with zero attached hydrogens (tertiary/aromatic N) is 1. The highest BCUT2D eigenvalue weighted by molar-refractivity contribution is 5.80. The van der Waals surface area contributed by atoms with Crippen molar-refractivity contribution in [1.82, 2.24) is 10.6 Å². The van der Waals surface area contributed by atoms with E-state index in [2.05, 4.69) is 10.6 Å². The molecule has 0 fully saturated rings. The minimum absolute atomic E-state index is 0.136. The molecule has 1 aromatic carbocycles. The molecule has 106 valence electrons. The fourth-order valence-electron chi connectivity index (χ4n) is 1.67. The van der Waals surface area contributed by atoms with Crippen LogP contribution in [-0.2, 0) is 11.3 Å². The van der Waals surface area contributed by atoms with E-state index in [-0.39, 0.29) is 18.3 Å². The van der Waals surface area contributed by atoms with Crippen LogP contribution in [-0.4, -0.2) is 32.6 Å². The van der Waals surface area contributed by atoms with E-state index in [1.807, 2.05) is 19.9 Å². The second-order valence-electron chi connectivity index (χ2n) is 4.85. The molecule has 0 saturated carbocycles. The molecule has 2 N–H and O–H groups in total. The molecule has 1 aromatic rings. The molecule has 0 saturated heterocycles. The number of nitrogens with one attached hydrogen (secondary N) is 2. The number of hydrogen-bond donors (Lipinski definition) is 2. The molecule has 4 nitrogen and oxygen atoms in total. The van der Waals surface area contributed by atoms with Gasteiger partial charge in [-0.1, -0.05) is 19.9 Å². The zero-order valence-electron chi connectivity index (χ0n) is 12.0. The van der Waals surface area contributed by atoms with Crippen molar-refractivity contribution in [3.05, 3.63) is 29.6 Å². The highest BCUT2D eigenvalue weighted by atomic mass is 19.1. The van der Waals surface area contributed by atoms with Gasteiger partial charge >= 0.3 is 0 Å². The molecule has 0 aliphatic carbocycles. The van der Waals surface area contributed by atoms with E-state index < -0.39 is 0 Å². The van der Waals surface area contributed by atoms with Gasteiger partial charge in [0.1, 0.15) is 5.82 Å². The smallest absolute Gasteiger partial charge is 0.239 e. The van der Waals surface area contributed by atoms with Gasteiger partial charge in [-0.25, -0.2) is 4.39 Å². The largest absolute Gasteiger partial charge is 0.363 e. The fraction of sp³-hybridized carbons (Fsp3) is 0.500. The Morgan fingerprint density at radius 1 is 1.42 bits per heavy atom. The molecular weight excluding hydrogens is 245 g/mol. The summed E-state index contributed by atoms with van der Waals surface area (Å²) in [6.45, 7) is 4.86. The summed E-state index contributed by atoms with van der Waals surface area (Å²) in [5.74, 6) is -0.457. The molecular formula is C14H22FN3O. The molecule has 19 heavy (non-hydrogen) atoms. The Morgan fingerprint density at radius 2 is 2.11 bits per heavy atom. The van der Waals surface area contributed by atoms with E-state index in [9.17, 15) is 9.18 Å². The van der Waals surface area contributed by atoms with Gasteiger partial charge in [0.25, 0.3) is 0 Å². The van der Waals surface area contributed by atoms with Crippen LogP contribution in [0.15, 0.2) is 18.2 Å². The Balaban J connectivity index is 2.73. The Labute approximate surface area is 114 Å². The van der Waals surface area contributed by atoms with Crippen molar-refractivity contribution in [2.45, 2.75) is 26.4 Å². The zero-order valence-corrected chi connectivity index (χ0v) is 12.0. The first kappa shape index (κ1) is 15.4. The summed E-state index contributed by atoms with van der Waals surface area (Å²) in [5.41, 5.74) is 1.32. The Bertz CT molecular complexity index is 435. The van der Waals surface area contributed by atoms with Gasteiger partial charge in [-0.05, 0) is 17.7 Å². The molecule has 1 rings (SSSR count). The summed E-state index contributed by atoms with van der Waals surface area (Å²) in [6, 6.07) is 5.44. The lowest BCUT2D eigenvalue weighted by molar-refractivity contribution is -0.119. The molecule has 0 aliphatic rings. The monoisotopic (exact) mass is 267 g/mol. The quantitative estimate of drug-likeness (QED) is 0.821. The van der Waals surface area contributed by atoms with Crippen molar-refractivity contribution >= 4 is 11.6 Å². The minimum atomic E-state index is -0.311. The van der Waals surface area contributed by atoms with Crippen molar-refractivity contribution in [1.29, 1.82) is 0 Å². The maximum atomic E-state index is 14.0. The van der Waals surface area contributed by atoms with E-state index in [4.69, 9.17) is 0 Å². The van der Waals surface area contributed by atoms with Crippen LogP contribution in [0.4, 0.5) is 10.1 Å². The van der Waals surface area contributed by atoms with Crippen LogP contribution in [0.2, 0.25) is 0 Å². The molecule has 0 radical (unpaired) electrons. The highest BCUT2D eigenvalue weighted by Gasteiger charge is 2.11. The van der Waals surface area contributed by atoms with Crippen LogP contribution >= 0.6 is 0 Å². The average Bonchev–Trinajstić information content (AvgIpc) is 2.35. The third kappa shape index (κ3) is 4.87. The molecule has 0 atom stereocenters. The number of carbonyl (C=O) groups excluding carboxylic acids is 1. The Hall–Kier alpha value is -1.62. The number of halogens is 1. The van der Waals surface area contributed by atoms with E-state index in [0.717, 1.165) is 5.56 Å². The van der Waals surface area contributed by atoms with Gasteiger partial charge in [0.05, 0.1) is 12.2 Å². The molecule has 0 aliphatic heterocycles. The molecule has 0 spiro atoms. The number of anilines is 1. The Kier molecular flexibility index (Phi) is 5.76. The molecule has 5 heteroatoms. The van der Waals surface area contributed by atoms with Gasteiger partial charge in [-0.2, -0.15) is 0 Å². The minimum Gasteiger partial charge on any atom is -0.363 e. The normalized spacial score (nSPS) is 10.6. The summed E-state index contributed by atoms with van der Waals surface area (Å²) in [5, 5.41) is 5.75. The van der Waals surface area contributed by atoms with Crippen LogP contribution in [0.1, 0.15) is 19.4 Å². The van der Waals surface area contributed by atoms with Gasteiger partial charge in [0.15, 0.2) is 0 Å². The zero-order chi connectivity index (χ0) is 14.4. The van der Waals surface area contributed by atoms with Crippen molar-refractivity contribution in [2.75, 3.05) is 25.5 Å². The van der Waals surface area contributed by atoms with E-state index in [0.29, 0.717) is 18.3 Å². The molecule has 1 amide bonds. The summed E-state index contributed by atoms with van der Waals surface area (Å²) < 4.78 is 14.0. The summed E-state index contributed by atoms with van der Waals surface area (Å²) in [4.78, 5) is 12.9. The summed E-state index contributed by atoms with van der Waals surface area (Å²) in [7, 11) is 3.26. The predicted octanol–water partition coefficient (Wildman–Crippen LogP) is 1.51. The van der Waals surface area contributed by atoms with Gasteiger partial charge in [-0.3, -0.25) is 4.79 Å². The lowest BCUT2D eigenvalue weighted by atomic mass is 10.1. The topological polar surface area (TPSA) is 44.4 Å². The maximum absolute atomic E-state index is 14.0. The average molecular weight is 267 g/mol. The van der Waals surface area contributed by atoms with Crippen LogP contribution in [0.3, 0.4) is 0 Å².